The Kier molecular flexibility index (Phi) is 11.5. The number of guanidine groups is 1. The minimum atomic E-state index is -0.0882. The molecule has 0 fully saturated rings. The van der Waals surface area contributed by atoms with Gasteiger partial charge in [0.25, 0.3) is 0 Å². The van der Waals surface area contributed by atoms with E-state index in [1.807, 2.05) is 36.2 Å². The number of amides is 1. The average Bonchev–Trinajstić information content (AvgIpc) is 2.73. The molecule has 2 N–H and O–H groups in total. The summed E-state index contributed by atoms with van der Waals surface area (Å²) >= 11 is 1.72. The van der Waals surface area contributed by atoms with Crippen molar-refractivity contribution in [3.63, 3.8) is 0 Å². The van der Waals surface area contributed by atoms with E-state index in [4.69, 9.17) is 4.74 Å². The molecule has 0 heterocycles. The second kappa shape index (κ2) is 13.3. The number of ether oxygens (including phenoxy) is 1. The molecule has 2 aromatic rings. The summed E-state index contributed by atoms with van der Waals surface area (Å²) in [5, 5.41) is 6.01. The van der Waals surface area contributed by atoms with Gasteiger partial charge in [0.2, 0.25) is 5.91 Å². The fraction of sp³-hybridized carbons (Fsp3) is 0.333. The van der Waals surface area contributed by atoms with Gasteiger partial charge in [0.1, 0.15) is 5.75 Å². The summed E-state index contributed by atoms with van der Waals surface area (Å²) in [5.41, 5.74) is 2.21. The first-order valence-corrected chi connectivity index (χ1v) is 10.2. The number of halogens is 1. The molecule has 0 bridgehead atoms. The Balaban J connectivity index is 0.00000420. The van der Waals surface area contributed by atoms with Crippen LogP contribution < -0.4 is 15.4 Å². The number of methoxy groups -OCH3 is 1. The minimum absolute atomic E-state index is 0. The number of nitrogens with zero attached hydrogens (tertiary/aromatic N) is 2. The van der Waals surface area contributed by atoms with Gasteiger partial charge in [-0.2, -0.15) is 0 Å². The maximum atomic E-state index is 12.1. The number of hydrogen-bond donors (Lipinski definition) is 2. The van der Waals surface area contributed by atoms with Crippen molar-refractivity contribution in [3.05, 3.63) is 59.7 Å². The van der Waals surface area contributed by atoms with E-state index in [1.54, 1.807) is 25.9 Å². The van der Waals surface area contributed by atoms with Gasteiger partial charge in [-0.15, -0.1) is 35.7 Å². The van der Waals surface area contributed by atoms with Gasteiger partial charge in [-0.3, -0.25) is 9.79 Å². The maximum absolute atomic E-state index is 12.1. The third kappa shape index (κ3) is 8.53. The number of rotatable bonds is 8. The highest BCUT2D eigenvalue weighted by atomic mass is 127. The minimum Gasteiger partial charge on any atom is -0.497 e. The quantitative estimate of drug-likeness (QED) is 0.238. The van der Waals surface area contributed by atoms with Gasteiger partial charge >= 0.3 is 0 Å². The summed E-state index contributed by atoms with van der Waals surface area (Å²) < 4.78 is 5.13. The zero-order chi connectivity index (χ0) is 20.4. The van der Waals surface area contributed by atoms with E-state index >= 15 is 0 Å². The van der Waals surface area contributed by atoms with E-state index in [1.165, 1.54) is 10.5 Å². The molecule has 158 valence electrons. The van der Waals surface area contributed by atoms with Gasteiger partial charge in [-0.1, -0.05) is 24.3 Å². The molecule has 0 radical (unpaired) electrons. The average molecular weight is 528 g/mol. The molecule has 8 heteroatoms. The number of hydrogen-bond acceptors (Lipinski definition) is 4. The standard InChI is InChI=1S/C21H28N4O2S.HI/c1-22-21(25(2)15-17-7-11-19(28-4)12-8-17)24-14-20(26)23-13-16-5-9-18(27-3)10-6-16;/h5-12H,13-15H2,1-4H3,(H,22,24)(H,23,26);1H. The lowest BCUT2D eigenvalue weighted by atomic mass is 10.2. The number of nitrogens with one attached hydrogen (secondary N) is 2. The van der Waals surface area contributed by atoms with Crippen molar-refractivity contribution in [2.45, 2.75) is 18.0 Å². The van der Waals surface area contributed by atoms with Crippen molar-refractivity contribution in [3.8, 4) is 5.75 Å². The number of benzene rings is 2. The number of carbonyl (C=O) groups is 1. The summed E-state index contributed by atoms with van der Waals surface area (Å²) in [6, 6.07) is 16.1. The normalized spacial score (nSPS) is 10.7. The molecule has 0 aliphatic rings. The predicted octanol–water partition coefficient (Wildman–Crippen LogP) is 3.36. The molecule has 2 rings (SSSR count). The molecule has 0 saturated carbocycles. The Bertz CT molecular complexity index is 782. The molecule has 29 heavy (non-hydrogen) atoms. The van der Waals surface area contributed by atoms with Crippen LogP contribution in [0.25, 0.3) is 0 Å². The molecule has 0 atom stereocenters. The smallest absolute Gasteiger partial charge is 0.239 e. The Morgan fingerprint density at radius 1 is 1.07 bits per heavy atom. The second-order valence-electron chi connectivity index (χ2n) is 6.23. The van der Waals surface area contributed by atoms with E-state index in [2.05, 4.69) is 46.1 Å². The lowest BCUT2D eigenvalue weighted by molar-refractivity contribution is -0.120. The zero-order valence-corrected chi connectivity index (χ0v) is 20.4. The van der Waals surface area contributed by atoms with Crippen molar-refractivity contribution in [2.24, 2.45) is 4.99 Å². The summed E-state index contributed by atoms with van der Waals surface area (Å²) in [7, 11) is 5.30. The van der Waals surface area contributed by atoms with Crippen LogP contribution in [0, 0.1) is 0 Å². The van der Waals surface area contributed by atoms with Crippen LogP contribution in [0.5, 0.6) is 5.75 Å². The van der Waals surface area contributed by atoms with Crippen LogP contribution in [-0.4, -0.2) is 50.8 Å². The lowest BCUT2D eigenvalue weighted by Crippen LogP contribution is -2.43. The Morgan fingerprint density at radius 3 is 2.24 bits per heavy atom. The van der Waals surface area contributed by atoms with Crippen molar-refractivity contribution >= 4 is 47.6 Å². The monoisotopic (exact) mass is 528 g/mol. The maximum Gasteiger partial charge on any atom is 0.239 e. The van der Waals surface area contributed by atoms with Crippen molar-refractivity contribution < 1.29 is 9.53 Å². The zero-order valence-electron chi connectivity index (χ0n) is 17.3. The summed E-state index contributed by atoms with van der Waals surface area (Å²) in [5.74, 6) is 1.38. The van der Waals surface area contributed by atoms with Gasteiger partial charge in [0.05, 0.1) is 13.7 Å². The van der Waals surface area contributed by atoms with Gasteiger partial charge in [-0.25, -0.2) is 0 Å². The third-order valence-corrected chi connectivity index (χ3v) is 4.95. The van der Waals surface area contributed by atoms with Crippen LogP contribution >= 0.6 is 35.7 Å². The third-order valence-electron chi connectivity index (χ3n) is 4.21. The van der Waals surface area contributed by atoms with Crippen LogP contribution in [0.15, 0.2) is 58.4 Å². The number of thioether (sulfide) groups is 1. The topological polar surface area (TPSA) is 66.0 Å². The first-order chi connectivity index (χ1) is 13.5. The molecular weight excluding hydrogens is 499 g/mol. The first kappa shape index (κ1) is 25.1. The highest BCUT2D eigenvalue weighted by Crippen LogP contribution is 2.15. The largest absolute Gasteiger partial charge is 0.497 e. The van der Waals surface area contributed by atoms with Crippen molar-refractivity contribution in [1.82, 2.24) is 15.5 Å². The molecule has 0 saturated heterocycles. The van der Waals surface area contributed by atoms with E-state index in [9.17, 15) is 4.79 Å². The van der Waals surface area contributed by atoms with Gasteiger partial charge in [-0.05, 0) is 41.6 Å². The summed E-state index contributed by atoms with van der Waals surface area (Å²) in [4.78, 5) is 19.6. The molecule has 0 aliphatic heterocycles. The number of carbonyl (C=O) groups excluding carboxylic acids is 1. The highest BCUT2D eigenvalue weighted by molar-refractivity contribution is 14.0. The fourth-order valence-corrected chi connectivity index (χ4v) is 3.04. The number of aliphatic imine (C=N–C) groups is 1. The van der Waals surface area contributed by atoms with E-state index in [0.717, 1.165) is 11.3 Å². The van der Waals surface area contributed by atoms with Crippen LogP contribution in [0.4, 0.5) is 0 Å². The first-order valence-electron chi connectivity index (χ1n) is 9.00. The molecule has 1 amide bonds. The summed E-state index contributed by atoms with van der Waals surface area (Å²) in [6.45, 7) is 1.35. The van der Waals surface area contributed by atoms with Gasteiger partial charge in [0, 0.05) is 32.1 Å². The van der Waals surface area contributed by atoms with Crippen LogP contribution in [0.2, 0.25) is 0 Å². The lowest BCUT2D eigenvalue weighted by Gasteiger charge is -2.22. The summed E-state index contributed by atoms with van der Waals surface area (Å²) in [6.07, 6.45) is 2.06. The molecule has 0 aliphatic carbocycles. The molecule has 0 aromatic heterocycles. The Hall–Kier alpha value is -1.94. The van der Waals surface area contributed by atoms with Crippen LogP contribution in [-0.2, 0) is 17.9 Å². The highest BCUT2D eigenvalue weighted by Gasteiger charge is 2.09. The second-order valence-corrected chi connectivity index (χ2v) is 7.11. The van der Waals surface area contributed by atoms with Crippen molar-refractivity contribution in [1.29, 1.82) is 0 Å². The van der Waals surface area contributed by atoms with E-state index < -0.39 is 0 Å². The molecule has 2 aromatic carbocycles. The van der Waals surface area contributed by atoms with Crippen LogP contribution in [0.3, 0.4) is 0 Å². The van der Waals surface area contributed by atoms with Gasteiger partial charge < -0.3 is 20.3 Å². The fourth-order valence-electron chi connectivity index (χ4n) is 2.63. The molecule has 0 unspecified atom stereocenters. The predicted molar refractivity (Wildman–Crippen MR) is 131 cm³/mol. The Labute approximate surface area is 194 Å². The molecular formula is C21H29IN4O2S. The molecule has 6 nitrogen and oxygen atoms in total. The SMILES string of the molecule is CN=C(NCC(=O)NCc1ccc(OC)cc1)N(C)Cc1ccc(SC)cc1.I. The van der Waals surface area contributed by atoms with E-state index in [-0.39, 0.29) is 36.4 Å². The Morgan fingerprint density at radius 2 is 1.69 bits per heavy atom. The molecule has 0 spiro atoms. The van der Waals surface area contributed by atoms with Gasteiger partial charge in [0.15, 0.2) is 5.96 Å². The van der Waals surface area contributed by atoms with Crippen molar-refractivity contribution in [2.75, 3.05) is 34.0 Å². The van der Waals surface area contributed by atoms with Crippen LogP contribution in [0.1, 0.15) is 11.1 Å². The van der Waals surface area contributed by atoms with E-state index in [0.29, 0.717) is 19.0 Å².